The second-order valence-corrected chi connectivity index (χ2v) is 9.66. The van der Waals surface area contributed by atoms with Crippen molar-refractivity contribution in [3.8, 4) is 5.88 Å². The molecule has 0 unspecified atom stereocenters. The van der Waals surface area contributed by atoms with Gasteiger partial charge in [0.15, 0.2) is 0 Å². The summed E-state index contributed by atoms with van der Waals surface area (Å²) in [4.78, 5) is 33.9. The number of pyridine rings is 1. The number of hydrogen-bond donors (Lipinski definition) is 2. The fraction of sp³-hybridized carbons (Fsp3) is 0.640. The molecule has 0 saturated heterocycles. The summed E-state index contributed by atoms with van der Waals surface area (Å²) in [5.41, 5.74) is 2.56. The zero-order valence-electron chi connectivity index (χ0n) is 20.5. The number of allylic oxidation sites excluding steroid dienone is 2. The number of ether oxygens (including phenoxy) is 1. The molecule has 0 fully saturated rings. The first-order chi connectivity index (χ1) is 15.7. The first-order valence-electron chi connectivity index (χ1n) is 12.0. The summed E-state index contributed by atoms with van der Waals surface area (Å²) >= 11 is 0. The van der Waals surface area contributed by atoms with Crippen molar-refractivity contribution in [2.45, 2.75) is 71.6 Å². The molecule has 33 heavy (non-hydrogen) atoms. The van der Waals surface area contributed by atoms with Gasteiger partial charge < -0.3 is 25.0 Å². The number of aliphatic hydroxyl groups excluding tert-OH is 1. The Bertz CT molecular complexity index is 885. The lowest BCUT2D eigenvalue weighted by molar-refractivity contribution is 0.0351. The molecule has 2 N–H and O–H groups in total. The minimum absolute atomic E-state index is 0.0315. The van der Waals surface area contributed by atoms with Gasteiger partial charge >= 0.3 is 6.03 Å². The molecule has 0 saturated carbocycles. The van der Waals surface area contributed by atoms with Crippen LogP contribution in [-0.4, -0.2) is 76.8 Å². The summed E-state index contributed by atoms with van der Waals surface area (Å²) in [5.74, 6) is 0.0194. The van der Waals surface area contributed by atoms with E-state index in [1.54, 1.807) is 23.0 Å². The topological polar surface area (TPSA) is 95.0 Å². The van der Waals surface area contributed by atoms with Gasteiger partial charge in [-0.1, -0.05) is 13.0 Å². The summed E-state index contributed by atoms with van der Waals surface area (Å²) in [5, 5.41) is 12.7. The molecule has 1 aromatic rings. The van der Waals surface area contributed by atoms with Crippen molar-refractivity contribution >= 4 is 17.5 Å². The number of aliphatic hydroxyl groups is 1. The van der Waals surface area contributed by atoms with Crippen LogP contribution in [-0.2, 0) is 0 Å². The largest absolute Gasteiger partial charge is 0.472 e. The molecule has 0 radical (unpaired) electrons. The smallest absolute Gasteiger partial charge is 0.317 e. The molecule has 0 bridgehead atoms. The monoisotopic (exact) mass is 458 g/mol. The molecule has 3 rings (SSSR count). The minimum atomic E-state index is -0.361. The summed E-state index contributed by atoms with van der Waals surface area (Å²) in [6.45, 7) is 8.30. The quantitative estimate of drug-likeness (QED) is 0.682. The van der Waals surface area contributed by atoms with Gasteiger partial charge in [-0.2, -0.15) is 0 Å². The molecule has 3 atom stereocenters. The van der Waals surface area contributed by atoms with Crippen molar-refractivity contribution in [1.29, 1.82) is 0 Å². The van der Waals surface area contributed by atoms with Gasteiger partial charge in [0.2, 0.25) is 5.88 Å². The Morgan fingerprint density at radius 3 is 2.76 bits per heavy atom. The standard InChI is InChI=1S/C25H38N4O4/c1-16(2)27-25(32)28(5)14-22-17(3)13-29(18(4)15-30)24(31)21-11-20(12-26-23(21)33-22)19-9-7-6-8-10-19/h9,11-12,16-18,22,30H,6-8,10,13-15H2,1-5H3,(H,27,32)/t17-,18+,22+/m0/s1. The van der Waals surface area contributed by atoms with Crippen molar-refractivity contribution < 1.29 is 19.4 Å². The van der Waals surface area contributed by atoms with E-state index < -0.39 is 0 Å². The van der Waals surface area contributed by atoms with Crippen molar-refractivity contribution in [1.82, 2.24) is 20.1 Å². The van der Waals surface area contributed by atoms with Crippen LogP contribution in [0, 0.1) is 5.92 Å². The Balaban J connectivity index is 1.95. The first-order valence-corrected chi connectivity index (χ1v) is 12.0. The SMILES string of the molecule is CC(C)NC(=O)N(C)C[C@H]1Oc2ncc(C3=CCCCC3)cc2C(=O)N([C@H](C)CO)C[C@@H]1C. The predicted molar refractivity (Wildman–Crippen MR) is 128 cm³/mol. The lowest BCUT2D eigenvalue weighted by atomic mass is 9.93. The van der Waals surface area contributed by atoms with Crippen molar-refractivity contribution in [2.75, 3.05) is 26.7 Å². The number of hydrogen-bond acceptors (Lipinski definition) is 5. The summed E-state index contributed by atoms with van der Waals surface area (Å²) in [6.07, 6.45) is 7.97. The Morgan fingerprint density at radius 1 is 1.36 bits per heavy atom. The highest BCUT2D eigenvalue weighted by atomic mass is 16.5. The molecule has 3 amide bonds. The number of carbonyl (C=O) groups excluding carboxylic acids is 2. The molecule has 0 aromatic carbocycles. The Hall–Kier alpha value is -2.61. The van der Waals surface area contributed by atoms with Gasteiger partial charge in [-0.3, -0.25) is 4.79 Å². The fourth-order valence-corrected chi connectivity index (χ4v) is 4.31. The van der Waals surface area contributed by atoms with Crippen LogP contribution in [0.5, 0.6) is 5.88 Å². The number of nitrogens with one attached hydrogen (secondary N) is 1. The van der Waals surface area contributed by atoms with Crippen LogP contribution < -0.4 is 10.1 Å². The molecule has 182 valence electrons. The second kappa shape index (κ2) is 11.0. The zero-order valence-corrected chi connectivity index (χ0v) is 20.5. The highest BCUT2D eigenvalue weighted by Crippen LogP contribution is 2.32. The van der Waals surface area contributed by atoms with Crippen LogP contribution >= 0.6 is 0 Å². The third-order valence-electron chi connectivity index (χ3n) is 6.40. The molecule has 2 heterocycles. The number of urea groups is 1. The van der Waals surface area contributed by atoms with Crippen LogP contribution in [0.25, 0.3) is 5.57 Å². The van der Waals surface area contributed by atoms with E-state index >= 15 is 0 Å². The fourth-order valence-electron chi connectivity index (χ4n) is 4.31. The number of aromatic nitrogens is 1. The molecule has 0 spiro atoms. The maximum Gasteiger partial charge on any atom is 0.317 e. The lowest BCUT2D eigenvalue weighted by Gasteiger charge is -2.37. The van der Waals surface area contributed by atoms with Gasteiger partial charge in [0.25, 0.3) is 5.91 Å². The van der Waals surface area contributed by atoms with Crippen LogP contribution in [0.4, 0.5) is 4.79 Å². The summed E-state index contributed by atoms with van der Waals surface area (Å²) in [7, 11) is 1.73. The van der Waals surface area contributed by atoms with E-state index in [2.05, 4.69) is 16.4 Å². The van der Waals surface area contributed by atoms with Crippen molar-refractivity contribution in [3.63, 3.8) is 0 Å². The van der Waals surface area contributed by atoms with Gasteiger partial charge in [-0.15, -0.1) is 0 Å². The highest BCUT2D eigenvalue weighted by Gasteiger charge is 2.35. The predicted octanol–water partition coefficient (Wildman–Crippen LogP) is 3.31. The minimum Gasteiger partial charge on any atom is -0.472 e. The van der Waals surface area contributed by atoms with Gasteiger partial charge in [0, 0.05) is 31.7 Å². The average Bonchev–Trinajstić information content (AvgIpc) is 2.80. The number of likely N-dealkylation sites (N-methyl/N-ethyl adjacent to an activating group) is 1. The van der Waals surface area contributed by atoms with E-state index in [0.29, 0.717) is 18.7 Å². The Kier molecular flexibility index (Phi) is 8.35. The Labute approximate surface area is 197 Å². The molecule has 1 aliphatic carbocycles. The first kappa shape index (κ1) is 25.0. The van der Waals surface area contributed by atoms with Crippen molar-refractivity contribution in [3.05, 3.63) is 29.5 Å². The normalized spacial score (nSPS) is 22.0. The van der Waals surface area contributed by atoms with E-state index in [1.165, 1.54) is 12.0 Å². The van der Waals surface area contributed by atoms with Crippen LogP contribution in [0.3, 0.4) is 0 Å². The summed E-state index contributed by atoms with van der Waals surface area (Å²) in [6, 6.07) is 1.39. The highest BCUT2D eigenvalue weighted by molar-refractivity contribution is 5.97. The van der Waals surface area contributed by atoms with Gasteiger partial charge in [-0.25, -0.2) is 9.78 Å². The molecule has 8 nitrogen and oxygen atoms in total. The van der Waals surface area contributed by atoms with Crippen LogP contribution in [0.15, 0.2) is 18.3 Å². The molecule has 1 aromatic heterocycles. The molecular formula is C25H38N4O4. The second-order valence-electron chi connectivity index (χ2n) is 9.66. The number of amides is 3. The van der Waals surface area contributed by atoms with Gasteiger partial charge in [0.05, 0.1) is 19.2 Å². The maximum absolute atomic E-state index is 13.5. The maximum atomic E-state index is 13.5. The third kappa shape index (κ3) is 6.05. The van der Waals surface area contributed by atoms with Crippen molar-refractivity contribution in [2.24, 2.45) is 5.92 Å². The molecule has 8 heteroatoms. The van der Waals surface area contributed by atoms with E-state index in [1.807, 2.05) is 33.8 Å². The van der Waals surface area contributed by atoms with Crippen LogP contribution in [0.2, 0.25) is 0 Å². The van der Waals surface area contributed by atoms with E-state index in [0.717, 1.165) is 24.8 Å². The lowest BCUT2D eigenvalue weighted by Crippen LogP contribution is -2.51. The van der Waals surface area contributed by atoms with Crippen LogP contribution in [0.1, 0.15) is 69.3 Å². The third-order valence-corrected chi connectivity index (χ3v) is 6.40. The van der Waals surface area contributed by atoms with E-state index in [9.17, 15) is 14.7 Å². The number of carbonyl (C=O) groups is 2. The number of rotatable bonds is 6. The molecule has 2 aliphatic rings. The zero-order chi connectivity index (χ0) is 24.1. The van der Waals surface area contributed by atoms with E-state index in [-0.39, 0.29) is 48.5 Å². The number of fused-ring (bicyclic) bond motifs is 1. The Morgan fingerprint density at radius 2 is 2.12 bits per heavy atom. The number of nitrogens with zero attached hydrogens (tertiary/aromatic N) is 3. The summed E-state index contributed by atoms with van der Waals surface area (Å²) < 4.78 is 6.29. The average molecular weight is 459 g/mol. The van der Waals surface area contributed by atoms with E-state index in [4.69, 9.17) is 4.74 Å². The van der Waals surface area contributed by atoms with Gasteiger partial charge in [-0.05, 0) is 63.7 Å². The molecule has 1 aliphatic heterocycles. The molecular weight excluding hydrogens is 420 g/mol. The van der Waals surface area contributed by atoms with Gasteiger partial charge in [0.1, 0.15) is 11.7 Å².